The summed E-state index contributed by atoms with van der Waals surface area (Å²) in [5, 5.41) is 4.15. The monoisotopic (exact) mass is 280 g/mol. The Labute approximate surface area is 103 Å². The van der Waals surface area contributed by atoms with E-state index in [2.05, 4.69) is 26.5 Å². The molecule has 0 saturated carbocycles. The largest absolute Gasteiger partial charge is 0.271 e. The third-order valence-electron chi connectivity index (χ3n) is 2.54. The zero-order chi connectivity index (χ0) is 11.5. The fourth-order valence-electron chi connectivity index (χ4n) is 1.71. The van der Waals surface area contributed by atoms with Crippen LogP contribution < -0.4 is 11.3 Å². The van der Waals surface area contributed by atoms with Gasteiger partial charge in [-0.15, -0.1) is 0 Å². The van der Waals surface area contributed by atoms with E-state index in [0.717, 1.165) is 15.7 Å². The lowest BCUT2D eigenvalue weighted by Crippen LogP contribution is -2.30. The Hall–Kier alpha value is -1.17. The molecule has 0 fully saturated rings. The van der Waals surface area contributed by atoms with Gasteiger partial charge in [-0.2, -0.15) is 5.10 Å². The molecule has 0 bridgehead atoms. The first-order chi connectivity index (χ1) is 7.74. The molecule has 2 aromatic rings. The first-order valence-corrected chi connectivity index (χ1v) is 5.72. The maximum atomic E-state index is 5.62. The molecule has 2 rings (SSSR count). The van der Waals surface area contributed by atoms with Crippen molar-refractivity contribution in [1.29, 1.82) is 0 Å². The minimum absolute atomic E-state index is 0.0666. The summed E-state index contributed by atoms with van der Waals surface area (Å²) in [7, 11) is 1.90. The van der Waals surface area contributed by atoms with Crippen LogP contribution in [0.3, 0.4) is 0 Å². The van der Waals surface area contributed by atoms with Crippen LogP contribution in [0.5, 0.6) is 0 Å². The lowest BCUT2D eigenvalue weighted by molar-refractivity contribution is 0.573. The highest BCUT2D eigenvalue weighted by molar-refractivity contribution is 9.10. The van der Waals surface area contributed by atoms with Gasteiger partial charge in [-0.25, -0.2) is 5.43 Å². The van der Waals surface area contributed by atoms with Crippen LogP contribution in [0.4, 0.5) is 0 Å². The number of benzene rings is 1. The molecule has 0 radical (unpaired) electrons. The first kappa shape index (κ1) is 11.3. The van der Waals surface area contributed by atoms with Gasteiger partial charge in [0.2, 0.25) is 0 Å². The fourth-order valence-corrected chi connectivity index (χ4v) is 2.22. The molecule has 1 aromatic carbocycles. The van der Waals surface area contributed by atoms with E-state index in [1.54, 1.807) is 6.20 Å². The summed E-state index contributed by atoms with van der Waals surface area (Å²) in [4.78, 5) is 0. The fraction of sp³-hybridized carbons (Fsp3) is 0.182. The van der Waals surface area contributed by atoms with E-state index in [1.807, 2.05) is 42.1 Å². The molecular weight excluding hydrogens is 268 g/mol. The Morgan fingerprint density at radius 3 is 2.69 bits per heavy atom. The average Bonchev–Trinajstić information content (AvgIpc) is 2.69. The molecule has 0 aliphatic rings. The summed E-state index contributed by atoms with van der Waals surface area (Å²) in [5.41, 5.74) is 4.93. The molecule has 84 valence electrons. The molecule has 1 atom stereocenters. The van der Waals surface area contributed by atoms with E-state index in [4.69, 9.17) is 5.84 Å². The van der Waals surface area contributed by atoms with Crippen LogP contribution in [0.15, 0.2) is 41.0 Å². The molecule has 1 heterocycles. The van der Waals surface area contributed by atoms with Crippen molar-refractivity contribution in [1.82, 2.24) is 15.2 Å². The highest BCUT2D eigenvalue weighted by Gasteiger charge is 2.17. The van der Waals surface area contributed by atoms with Gasteiger partial charge in [0.25, 0.3) is 0 Å². The van der Waals surface area contributed by atoms with E-state index in [0.29, 0.717) is 0 Å². The van der Waals surface area contributed by atoms with Crippen LogP contribution in [-0.2, 0) is 7.05 Å². The number of hydrogen-bond donors (Lipinski definition) is 2. The van der Waals surface area contributed by atoms with Gasteiger partial charge in [0.15, 0.2) is 0 Å². The van der Waals surface area contributed by atoms with Crippen LogP contribution in [0.1, 0.15) is 17.3 Å². The molecule has 0 amide bonds. The predicted octanol–water partition coefficient (Wildman–Crippen LogP) is 1.74. The van der Waals surface area contributed by atoms with E-state index < -0.39 is 0 Å². The molecule has 1 aromatic heterocycles. The number of rotatable bonds is 3. The summed E-state index contributed by atoms with van der Waals surface area (Å²) in [6, 6.07) is 9.87. The van der Waals surface area contributed by atoms with Gasteiger partial charge in [0.05, 0.1) is 11.7 Å². The minimum atomic E-state index is -0.0666. The van der Waals surface area contributed by atoms with Gasteiger partial charge in [0.1, 0.15) is 0 Å². The van der Waals surface area contributed by atoms with Crippen LogP contribution in [0.25, 0.3) is 0 Å². The average molecular weight is 281 g/mol. The standard InChI is InChI=1S/C11H13BrN4/c1-16-10(6-7-14-16)11(15-13)8-4-2-3-5-9(8)12/h2-7,11,15H,13H2,1H3. The molecule has 16 heavy (non-hydrogen) atoms. The second-order valence-corrected chi connectivity index (χ2v) is 4.36. The highest BCUT2D eigenvalue weighted by Crippen LogP contribution is 2.27. The zero-order valence-electron chi connectivity index (χ0n) is 8.89. The molecule has 0 spiro atoms. The molecule has 0 aliphatic carbocycles. The third kappa shape index (κ3) is 2.02. The highest BCUT2D eigenvalue weighted by atomic mass is 79.9. The normalized spacial score (nSPS) is 12.7. The Bertz CT molecular complexity index is 480. The summed E-state index contributed by atoms with van der Waals surface area (Å²) in [5.74, 6) is 5.62. The second kappa shape index (κ2) is 4.78. The number of hydrogen-bond acceptors (Lipinski definition) is 3. The number of nitrogens with one attached hydrogen (secondary N) is 1. The van der Waals surface area contributed by atoms with E-state index >= 15 is 0 Å². The number of nitrogens with zero attached hydrogens (tertiary/aromatic N) is 2. The van der Waals surface area contributed by atoms with Crippen molar-refractivity contribution in [2.45, 2.75) is 6.04 Å². The molecular formula is C11H13BrN4. The van der Waals surface area contributed by atoms with Gasteiger partial charge < -0.3 is 0 Å². The lowest BCUT2D eigenvalue weighted by Gasteiger charge is -2.17. The van der Waals surface area contributed by atoms with Gasteiger partial charge in [-0.3, -0.25) is 10.5 Å². The van der Waals surface area contributed by atoms with Gasteiger partial charge in [-0.05, 0) is 17.7 Å². The molecule has 4 nitrogen and oxygen atoms in total. The van der Waals surface area contributed by atoms with Crippen molar-refractivity contribution in [2.24, 2.45) is 12.9 Å². The SMILES string of the molecule is Cn1nccc1C(NN)c1ccccc1Br. The molecule has 5 heteroatoms. The Balaban J connectivity index is 2.45. The van der Waals surface area contributed by atoms with Crippen LogP contribution >= 0.6 is 15.9 Å². The molecule has 0 saturated heterocycles. The number of nitrogens with two attached hydrogens (primary N) is 1. The van der Waals surface area contributed by atoms with Gasteiger partial charge in [-0.1, -0.05) is 34.1 Å². The quantitative estimate of drug-likeness (QED) is 0.665. The first-order valence-electron chi connectivity index (χ1n) is 4.92. The number of aromatic nitrogens is 2. The number of halogens is 1. The van der Waals surface area contributed by atoms with Crippen molar-refractivity contribution in [3.8, 4) is 0 Å². The lowest BCUT2D eigenvalue weighted by atomic mass is 10.0. The Kier molecular flexibility index (Phi) is 3.38. The van der Waals surface area contributed by atoms with E-state index in [9.17, 15) is 0 Å². The zero-order valence-corrected chi connectivity index (χ0v) is 10.5. The molecule has 1 unspecified atom stereocenters. The Morgan fingerprint density at radius 1 is 1.38 bits per heavy atom. The van der Waals surface area contributed by atoms with Crippen molar-refractivity contribution < 1.29 is 0 Å². The van der Waals surface area contributed by atoms with Crippen molar-refractivity contribution >= 4 is 15.9 Å². The molecule has 3 N–H and O–H groups in total. The van der Waals surface area contributed by atoms with Crippen molar-refractivity contribution in [3.63, 3.8) is 0 Å². The van der Waals surface area contributed by atoms with E-state index in [-0.39, 0.29) is 6.04 Å². The number of hydrazine groups is 1. The number of aryl methyl sites for hydroxylation is 1. The van der Waals surface area contributed by atoms with Crippen LogP contribution in [0.2, 0.25) is 0 Å². The minimum Gasteiger partial charge on any atom is -0.271 e. The maximum Gasteiger partial charge on any atom is 0.0889 e. The maximum absolute atomic E-state index is 5.62. The predicted molar refractivity (Wildman–Crippen MR) is 66.5 cm³/mol. The smallest absolute Gasteiger partial charge is 0.0889 e. The van der Waals surface area contributed by atoms with Crippen LogP contribution in [-0.4, -0.2) is 9.78 Å². The third-order valence-corrected chi connectivity index (χ3v) is 3.26. The summed E-state index contributed by atoms with van der Waals surface area (Å²) in [6.45, 7) is 0. The van der Waals surface area contributed by atoms with Crippen molar-refractivity contribution in [3.05, 3.63) is 52.3 Å². The topological polar surface area (TPSA) is 55.9 Å². The van der Waals surface area contributed by atoms with Gasteiger partial charge >= 0.3 is 0 Å². The second-order valence-electron chi connectivity index (χ2n) is 3.50. The summed E-state index contributed by atoms with van der Waals surface area (Å²) >= 11 is 3.52. The van der Waals surface area contributed by atoms with Crippen molar-refractivity contribution in [2.75, 3.05) is 0 Å². The Morgan fingerprint density at radius 2 is 2.12 bits per heavy atom. The van der Waals surface area contributed by atoms with Crippen LogP contribution in [0, 0.1) is 0 Å². The molecule has 0 aliphatic heterocycles. The summed E-state index contributed by atoms with van der Waals surface area (Å²) < 4.78 is 2.84. The summed E-state index contributed by atoms with van der Waals surface area (Å²) in [6.07, 6.45) is 1.76. The van der Waals surface area contributed by atoms with Gasteiger partial charge in [0, 0.05) is 17.7 Å². The van der Waals surface area contributed by atoms with E-state index in [1.165, 1.54) is 0 Å².